The van der Waals surface area contributed by atoms with Gasteiger partial charge in [-0.15, -0.1) is 11.3 Å². The summed E-state index contributed by atoms with van der Waals surface area (Å²) >= 11 is 1.77. The number of hydrogen-bond acceptors (Lipinski definition) is 6. The molecule has 0 bridgehead atoms. The molecule has 27 heavy (non-hydrogen) atoms. The van der Waals surface area contributed by atoms with Crippen LogP contribution in [0.25, 0.3) is 21.6 Å². The Morgan fingerprint density at radius 3 is 3.00 bits per heavy atom. The predicted octanol–water partition coefficient (Wildman–Crippen LogP) is 3.54. The molecule has 0 spiro atoms. The van der Waals surface area contributed by atoms with Gasteiger partial charge in [0.2, 0.25) is 0 Å². The number of piperidine rings is 1. The average Bonchev–Trinajstić information content (AvgIpc) is 3.29. The Morgan fingerprint density at radius 2 is 2.19 bits per heavy atom. The first kappa shape index (κ1) is 16.6. The summed E-state index contributed by atoms with van der Waals surface area (Å²) in [5.41, 5.74) is 2.26. The van der Waals surface area contributed by atoms with Crippen LogP contribution in [0.2, 0.25) is 0 Å². The SMILES string of the molecule is O=C(O)C1CCCN(c2nc(-c3cccnc3)nc3sc4c(c23)CCC4)C1. The van der Waals surface area contributed by atoms with Gasteiger partial charge in [-0.3, -0.25) is 9.78 Å². The largest absolute Gasteiger partial charge is 0.481 e. The van der Waals surface area contributed by atoms with Crippen molar-refractivity contribution in [2.75, 3.05) is 18.0 Å². The van der Waals surface area contributed by atoms with Crippen molar-refractivity contribution in [3.8, 4) is 11.4 Å². The number of fused-ring (bicyclic) bond motifs is 3. The second-order valence-electron chi connectivity index (χ2n) is 7.27. The van der Waals surface area contributed by atoms with Crippen molar-refractivity contribution in [2.24, 2.45) is 5.92 Å². The number of rotatable bonds is 3. The molecule has 5 rings (SSSR count). The molecule has 1 N–H and O–H groups in total. The van der Waals surface area contributed by atoms with E-state index in [-0.39, 0.29) is 5.92 Å². The van der Waals surface area contributed by atoms with Gasteiger partial charge in [0.25, 0.3) is 0 Å². The maximum Gasteiger partial charge on any atom is 0.308 e. The number of carbonyl (C=O) groups is 1. The number of aromatic nitrogens is 3. The van der Waals surface area contributed by atoms with Crippen molar-refractivity contribution in [2.45, 2.75) is 32.1 Å². The molecule has 7 heteroatoms. The number of anilines is 1. The average molecular weight is 380 g/mol. The fraction of sp³-hybridized carbons (Fsp3) is 0.400. The number of carboxylic acids is 1. The lowest BCUT2D eigenvalue weighted by atomic mass is 9.98. The Bertz CT molecular complexity index is 1020. The second kappa shape index (κ2) is 6.56. The molecule has 4 heterocycles. The maximum atomic E-state index is 11.6. The number of aryl methyl sites for hydroxylation is 2. The van der Waals surface area contributed by atoms with Crippen LogP contribution in [0, 0.1) is 5.92 Å². The standard InChI is InChI=1S/C20H20N4O2S/c25-20(26)13-5-3-9-24(11-13)18-16-14-6-1-7-15(14)27-19(16)23-17(22-18)12-4-2-8-21-10-12/h2,4,8,10,13H,1,3,5-7,9,11H2,(H,25,26). The van der Waals surface area contributed by atoms with E-state index in [0.717, 1.165) is 53.8 Å². The van der Waals surface area contributed by atoms with E-state index in [0.29, 0.717) is 12.4 Å². The van der Waals surface area contributed by atoms with Gasteiger partial charge in [0.05, 0.1) is 11.3 Å². The Kier molecular flexibility index (Phi) is 4.04. The van der Waals surface area contributed by atoms with Gasteiger partial charge < -0.3 is 10.0 Å². The smallest absolute Gasteiger partial charge is 0.308 e. The van der Waals surface area contributed by atoms with E-state index < -0.39 is 5.97 Å². The summed E-state index contributed by atoms with van der Waals surface area (Å²) in [6.45, 7) is 1.35. The van der Waals surface area contributed by atoms with Gasteiger partial charge in [0.15, 0.2) is 5.82 Å². The van der Waals surface area contributed by atoms with Gasteiger partial charge in [-0.25, -0.2) is 9.97 Å². The Balaban J connectivity index is 1.67. The lowest BCUT2D eigenvalue weighted by Gasteiger charge is -2.32. The third-order valence-corrected chi connectivity index (χ3v) is 6.72. The Hall–Kier alpha value is -2.54. The summed E-state index contributed by atoms with van der Waals surface area (Å²) in [6.07, 6.45) is 8.48. The molecule has 1 aliphatic carbocycles. The summed E-state index contributed by atoms with van der Waals surface area (Å²) in [7, 11) is 0. The molecule has 3 aromatic rings. The lowest BCUT2D eigenvalue weighted by molar-refractivity contribution is -0.141. The van der Waals surface area contributed by atoms with Crippen LogP contribution in [0.4, 0.5) is 5.82 Å². The van der Waals surface area contributed by atoms with Gasteiger partial charge >= 0.3 is 5.97 Å². The maximum absolute atomic E-state index is 11.6. The quantitative estimate of drug-likeness (QED) is 0.749. The molecule has 6 nitrogen and oxygen atoms in total. The van der Waals surface area contributed by atoms with E-state index in [4.69, 9.17) is 9.97 Å². The number of hydrogen-bond donors (Lipinski definition) is 1. The van der Waals surface area contributed by atoms with E-state index in [1.807, 2.05) is 12.1 Å². The minimum atomic E-state index is -0.715. The third-order valence-electron chi connectivity index (χ3n) is 5.54. The highest BCUT2D eigenvalue weighted by atomic mass is 32.1. The summed E-state index contributed by atoms with van der Waals surface area (Å²) in [6, 6.07) is 3.85. The van der Waals surface area contributed by atoms with Gasteiger partial charge in [-0.05, 0) is 49.8 Å². The molecule has 138 valence electrons. The van der Waals surface area contributed by atoms with Gasteiger partial charge in [-0.2, -0.15) is 0 Å². The minimum absolute atomic E-state index is 0.336. The van der Waals surface area contributed by atoms with Gasteiger partial charge in [-0.1, -0.05) is 0 Å². The number of carboxylic acid groups (broad SMARTS) is 1. The van der Waals surface area contributed by atoms with Crippen molar-refractivity contribution in [1.29, 1.82) is 0 Å². The fourth-order valence-corrected chi connectivity index (χ4v) is 5.46. The number of nitrogens with zero attached hydrogens (tertiary/aromatic N) is 4. The highest BCUT2D eigenvalue weighted by molar-refractivity contribution is 7.19. The van der Waals surface area contributed by atoms with Crippen LogP contribution in [0.3, 0.4) is 0 Å². The first-order chi connectivity index (χ1) is 13.2. The van der Waals surface area contributed by atoms with Crippen molar-refractivity contribution in [3.63, 3.8) is 0 Å². The van der Waals surface area contributed by atoms with Gasteiger partial charge in [0.1, 0.15) is 10.6 Å². The molecule has 1 atom stereocenters. The Morgan fingerprint density at radius 1 is 1.26 bits per heavy atom. The van der Waals surface area contributed by atoms with Crippen LogP contribution in [0.5, 0.6) is 0 Å². The zero-order chi connectivity index (χ0) is 18.4. The van der Waals surface area contributed by atoms with E-state index in [2.05, 4.69) is 9.88 Å². The zero-order valence-corrected chi connectivity index (χ0v) is 15.7. The molecule has 0 saturated carbocycles. The van der Waals surface area contributed by atoms with Crippen molar-refractivity contribution < 1.29 is 9.90 Å². The van der Waals surface area contributed by atoms with Crippen LogP contribution < -0.4 is 4.90 Å². The normalized spacial score (nSPS) is 19.4. The van der Waals surface area contributed by atoms with E-state index in [1.54, 1.807) is 23.7 Å². The van der Waals surface area contributed by atoms with Crippen LogP contribution in [0.15, 0.2) is 24.5 Å². The van der Waals surface area contributed by atoms with E-state index in [9.17, 15) is 9.90 Å². The molecule has 0 radical (unpaired) electrons. The molecule has 1 aliphatic heterocycles. The third kappa shape index (κ3) is 2.86. The molecule has 1 fully saturated rings. The molecule has 3 aromatic heterocycles. The highest BCUT2D eigenvalue weighted by Gasteiger charge is 2.30. The summed E-state index contributed by atoms with van der Waals surface area (Å²) in [4.78, 5) is 30.1. The predicted molar refractivity (Wildman–Crippen MR) is 105 cm³/mol. The molecule has 1 saturated heterocycles. The Labute approximate surface area is 160 Å². The first-order valence-corrected chi connectivity index (χ1v) is 10.2. The lowest BCUT2D eigenvalue weighted by Crippen LogP contribution is -2.39. The monoisotopic (exact) mass is 380 g/mol. The zero-order valence-electron chi connectivity index (χ0n) is 14.9. The van der Waals surface area contributed by atoms with E-state index in [1.165, 1.54) is 16.9 Å². The second-order valence-corrected chi connectivity index (χ2v) is 8.36. The molecule has 0 amide bonds. The first-order valence-electron chi connectivity index (χ1n) is 9.41. The van der Waals surface area contributed by atoms with Crippen LogP contribution in [0.1, 0.15) is 29.7 Å². The highest BCUT2D eigenvalue weighted by Crippen LogP contribution is 2.42. The molecule has 2 aliphatic rings. The van der Waals surface area contributed by atoms with Crippen LogP contribution in [-0.2, 0) is 17.6 Å². The number of aliphatic carboxylic acids is 1. The van der Waals surface area contributed by atoms with Crippen LogP contribution >= 0.6 is 11.3 Å². The number of pyridine rings is 1. The molecular formula is C20H20N4O2S. The summed E-state index contributed by atoms with van der Waals surface area (Å²) in [5, 5.41) is 10.6. The molecule has 1 unspecified atom stereocenters. The number of thiophene rings is 1. The summed E-state index contributed by atoms with van der Waals surface area (Å²) < 4.78 is 0. The molecular weight excluding hydrogens is 360 g/mol. The fourth-order valence-electron chi connectivity index (χ4n) is 4.20. The van der Waals surface area contributed by atoms with Crippen molar-refractivity contribution in [3.05, 3.63) is 35.0 Å². The van der Waals surface area contributed by atoms with Crippen molar-refractivity contribution in [1.82, 2.24) is 15.0 Å². The summed E-state index contributed by atoms with van der Waals surface area (Å²) in [5.74, 6) is 0.525. The minimum Gasteiger partial charge on any atom is -0.481 e. The van der Waals surface area contributed by atoms with Crippen molar-refractivity contribution >= 4 is 33.3 Å². The topological polar surface area (TPSA) is 79.2 Å². The van der Waals surface area contributed by atoms with Crippen LogP contribution in [-0.4, -0.2) is 39.1 Å². The van der Waals surface area contributed by atoms with Gasteiger partial charge in [0, 0.05) is 35.9 Å². The van der Waals surface area contributed by atoms with E-state index >= 15 is 0 Å². The molecule has 0 aromatic carbocycles.